The maximum Gasteiger partial charge on any atom is 0.0389 e. The Labute approximate surface area is 57.2 Å². The Hall–Kier alpha value is -0.330. The molecule has 0 aromatic carbocycles. The molecule has 0 amide bonds. The highest BCUT2D eigenvalue weighted by Crippen LogP contribution is 2.27. The summed E-state index contributed by atoms with van der Waals surface area (Å²) in [4.78, 5) is 4.40. The van der Waals surface area contributed by atoms with Crippen molar-refractivity contribution < 1.29 is 0 Å². The monoisotopic (exact) mass is 125 g/mol. The van der Waals surface area contributed by atoms with Crippen LogP contribution >= 0.6 is 0 Å². The van der Waals surface area contributed by atoms with E-state index >= 15 is 0 Å². The Morgan fingerprint density at radius 3 is 2.44 bits per heavy atom. The van der Waals surface area contributed by atoms with E-state index in [0.29, 0.717) is 5.41 Å². The van der Waals surface area contributed by atoms with Crippen LogP contribution in [-0.4, -0.2) is 12.3 Å². The molecular weight excluding hydrogens is 110 g/mol. The average molecular weight is 125 g/mol. The Balaban J connectivity index is 2.73. The van der Waals surface area contributed by atoms with Crippen molar-refractivity contribution >= 4 is 5.71 Å². The van der Waals surface area contributed by atoms with E-state index < -0.39 is 0 Å². The third-order valence-corrected chi connectivity index (χ3v) is 2.29. The number of nitrogens with zero attached hydrogens (tertiary/aromatic N) is 1. The van der Waals surface area contributed by atoms with E-state index in [-0.39, 0.29) is 0 Å². The van der Waals surface area contributed by atoms with Crippen LogP contribution in [0.25, 0.3) is 0 Å². The fourth-order valence-corrected chi connectivity index (χ4v) is 1.16. The molecule has 1 nitrogen and oxygen atoms in total. The van der Waals surface area contributed by atoms with Crippen molar-refractivity contribution in [1.82, 2.24) is 0 Å². The molecule has 0 radical (unpaired) electrons. The highest BCUT2D eigenvalue weighted by molar-refractivity contribution is 5.87. The maximum atomic E-state index is 4.40. The Morgan fingerprint density at radius 2 is 2.11 bits per heavy atom. The average Bonchev–Trinajstić information content (AvgIpc) is 1.77. The largest absolute Gasteiger partial charge is 0.294 e. The van der Waals surface area contributed by atoms with Gasteiger partial charge in [0.15, 0.2) is 0 Å². The minimum atomic E-state index is 0.387. The Morgan fingerprint density at radius 1 is 1.44 bits per heavy atom. The third-order valence-electron chi connectivity index (χ3n) is 2.29. The molecule has 0 aromatic heterocycles. The molecule has 1 heterocycles. The molecule has 1 aliphatic rings. The number of aliphatic imine (C=N–C) groups is 1. The van der Waals surface area contributed by atoms with E-state index in [4.69, 9.17) is 0 Å². The van der Waals surface area contributed by atoms with E-state index in [1.54, 1.807) is 0 Å². The van der Waals surface area contributed by atoms with Gasteiger partial charge in [0.1, 0.15) is 0 Å². The summed E-state index contributed by atoms with van der Waals surface area (Å²) in [5.41, 5.74) is 1.71. The minimum Gasteiger partial charge on any atom is -0.294 e. The molecule has 52 valence electrons. The lowest BCUT2D eigenvalue weighted by molar-refractivity contribution is 0.437. The Bertz CT molecular complexity index is 134. The molecular formula is C8H15N. The van der Waals surface area contributed by atoms with Gasteiger partial charge in [-0.3, -0.25) is 4.99 Å². The van der Waals surface area contributed by atoms with Crippen LogP contribution in [0, 0.1) is 5.41 Å². The molecule has 1 aliphatic heterocycles. The van der Waals surface area contributed by atoms with E-state index in [1.165, 1.54) is 18.6 Å². The normalized spacial score (nSPS) is 25.4. The predicted octanol–water partition coefficient (Wildman–Crippen LogP) is 2.27. The van der Waals surface area contributed by atoms with Crippen molar-refractivity contribution in [3.8, 4) is 0 Å². The molecule has 9 heavy (non-hydrogen) atoms. The van der Waals surface area contributed by atoms with Gasteiger partial charge in [0, 0.05) is 17.7 Å². The van der Waals surface area contributed by atoms with Crippen molar-refractivity contribution in [3.05, 3.63) is 0 Å². The van der Waals surface area contributed by atoms with Crippen molar-refractivity contribution in [2.75, 3.05) is 6.54 Å². The fourth-order valence-electron chi connectivity index (χ4n) is 1.16. The van der Waals surface area contributed by atoms with Crippen LogP contribution in [0.2, 0.25) is 0 Å². The van der Waals surface area contributed by atoms with Crippen molar-refractivity contribution in [2.24, 2.45) is 10.4 Å². The first-order valence-corrected chi connectivity index (χ1v) is 3.64. The third kappa shape index (κ3) is 1.32. The molecule has 0 bridgehead atoms. The summed E-state index contributed by atoms with van der Waals surface area (Å²) in [6.07, 6.45) is 2.58. The molecule has 0 saturated heterocycles. The van der Waals surface area contributed by atoms with Gasteiger partial charge in [0.05, 0.1) is 0 Å². The lowest BCUT2D eigenvalue weighted by Crippen LogP contribution is -2.25. The number of hydrogen-bond acceptors (Lipinski definition) is 1. The zero-order valence-corrected chi connectivity index (χ0v) is 6.57. The van der Waals surface area contributed by atoms with Crippen LogP contribution in [0.3, 0.4) is 0 Å². The van der Waals surface area contributed by atoms with Crippen LogP contribution in [0.1, 0.15) is 33.6 Å². The lowest BCUT2D eigenvalue weighted by Gasteiger charge is -2.27. The summed E-state index contributed by atoms with van der Waals surface area (Å²) >= 11 is 0. The van der Waals surface area contributed by atoms with E-state index in [1.807, 2.05) is 0 Å². The molecule has 0 fully saturated rings. The second-order valence-electron chi connectivity index (χ2n) is 3.45. The van der Waals surface area contributed by atoms with Gasteiger partial charge < -0.3 is 0 Å². The summed E-state index contributed by atoms with van der Waals surface area (Å²) in [5.74, 6) is 0. The van der Waals surface area contributed by atoms with Crippen molar-refractivity contribution in [3.63, 3.8) is 0 Å². The summed E-state index contributed by atoms with van der Waals surface area (Å²) < 4.78 is 0. The molecule has 0 aliphatic carbocycles. The smallest absolute Gasteiger partial charge is 0.0389 e. The zero-order chi connectivity index (χ0) is 6.91. The van der Waals surface area contributed by atoms with Gasteiger partial charge in [-0.2, -0.15) is 0 Å². The standard InChI is InChI=1S/C8H15N/c1-7-8(2,3)5-4-6-9-7/h4-6H2,1-3H3. The van der Waals surface area contributed by atoms with Crippen LogP contribution in [0.15, 0.2) is 4.99 Å². The van der Waals surface area contributed by atoms with Crippen LogP contribution in [0.5, 0.6) is 0 Å². The summed E-state index contributed by atoms with van der Waals surface area (Å²) in [7, 11) is 0. The van der Waals surface area contributed by atoms with E-state index in [2.05, 4.69) is 25.8 Å². The topological polar surface area (TPSA) is 12.4 Å². The van der Waals surface area contributed by atoms with Gasteiger partial charge in [-0.15, -0.1) is 0 Å². The molecule has 0 saturated carbocycles. The second-order valence-corrected chi connectivity index (χ2v) is 3.45. The lowest BCUT2D eigenvalue weighted by atomic mass is 9.81. The van der Waals surface area contributed by atoms with Crippen LogP contribution in [-0.2, 0) is 0 Å². The van der Waals surface area contributed by atoms with Crippen molar-refractivity contribution in [1.29, 1.82) is 0 Å². The van der Waals surface area contributed by atoms with Crippen LogP contribution < -0.4 is 0 Å². The minimum absolute atomic E-state index is 0.387. The molecule has 1 heteroatoms. The highest BCUT2D eigenvalue weighted by atomic mass is 14.8. The van der Waals surface area contributed by atoms with E-state index in [9.17, 15) is 0 Å². The SMILES string of the molecule is CC1=NCCCC1(C)C. The van der Waals surface area contributed by atoms with E-state index in [0.717, 1.165) is 6.54 Å². The molecule has 0 aromatic rings. The van der Waals surface area contributed by atoms with Gasteiger partial charge in [0.25, 0.3) is 0 Å². The van der Waals surface area contributed by atoms with Gasteiger partial charge in [0.2, 0.25) is 0 Å². The molecule has 0 atom stereocenters. The Kier molecular flexibility index (Phi) is 1.60. The predicted molar refractivity (Wildman–Crippen MR) is 41.0 cm³/mol. The highest BCUT2D eigenvalue weighted by Gasteiger charge is 2.23. The number of hydrogen-bond donors (Lipinski definition) is 0. The quantitative estimate of drug-likeness (QED) is 0.471. The summed E-state index contributed by atoms with van der Waals surface area (Å²) in [6.45, 7) is 7.73. The molecule has 0 spiro atoms. The maximum absolute atomic E-state index is 4.40. The summed E-state index contributed by atoms with van der Waals surface area (Å²) in [5, 5.41) is 0. The first kappa shape index (κ1) is 6.79. The van der Waals surface area contributed by atoms with Gasteiger partial charge >= 0.3 is 0 Å². The van der Waals surface area contributed by atoms with Gasteiger partial charge in [-0.05, 0) is 19.8 Å². The second kappa shape index (κ2) is 2.13. The molecule has 0 N–H and O–H groups in total. The van der Waals surface area contributed by atoms with Gasteiger partial charge in [-0.1, -0.05) is 13.8 Å². The van der Waals surface area contributed by atoms with Gasteiger partial charge in [-0.25, -0.2) is 0 Å². The first-order chi connectivity index (χ1) is 4.13. The van der Waals surface area contributed by atoms with Crippen LogP contribution in [0.4, 0.5) is 0 Å². The summed E-state index contributed by atoms with van der Waals surface area (Å²) in [6, 6.07) is 0. The number of rotatable bonds is 0. The van der Waals surface area contributed by atoms with Crippen molar-refractivity contribution in [2.45, 2.75) is 33.6 Å². The molecule has 0 unspecified atom stereocenters. The molecule has 1 rings (SSSR count). The zero-order valence-electron chi connectivity index (χ0n) is 6.57. The first-order valence-electron chi connectivity index (χ1n) is 3.64. The fraction of sp³-hybridized carbons (Fsp3) is 0.875.